The topological polar surface area (TPSA) is 35.0 Å². The van der Waals surface area contributed by atoms with Gasteiger partial charge in [-0.25, -0.2) is 18.7 Å². The normalized spacial score (nSPS) is 12.5. The molecule has 0 aliphatic heterocycles. The summed E-state index contributed by atoms with van der Waals surface area (Å²) in [5.41, 5.74) is 1.11. The van der Waals surface area contributed by atoms with Gasteiger partial charge in [-0.05, 0) is 57.5 Å². The van der Waals surface area contributed by atoms with Crippen LogP contribution in [0.3, 0.4) is 0 Å². The lowest BCUT2D eigenvalue weighted by molar-refractivity contribution is 0.216. The Morgan fingerprint density at radius 2 is 1.22 bits per heavy atom. The summed E-state index contributed by atoms with van der Waals surface area (Å²) in [6.07, 6.45) is 15.0. The van der Waals surface area contributed by atoms with Crippen molar-refractivity contribution in [2.24, 2.45) is 5.92 Å². The number of hydrogen-bond donors (Lipinski definition) is 0. The van der Waals surface area contributed by atoms with Gasteiger partial charge in [-0.2, -0.15) is 0 Å². The number of benzene rings is 1. The van der Waals surface area contributed by atoms with Gasteiger partial charge in [0.2, 0.25) is 5.88 Å². The van der Waals surface area contributed by atoms with Crippen molar-refractivity contribution >= 4 is 42.9 Å². The van der Waals surface area contributed by atoms with Crippen molar-refractivity contribution in [1.29, 1.82) is 0 Å². The van der Waals surface area contributed by atoms with E-state index in [0.717, 1.165) is 12.8 Å². The zero-order valence-electron chi connectivity index (χ0n) is 19.6. The number of unbranched alkanes of at least 4 members (excludes halogenated alkanes) is 8. The highest BCUT2D eigenvalue weighted by atomic mass is 79.9. The van der Waals surface area contributed by atoms with Crippen molar-refractivity contribution in [3.05, 3.63) is 26.3 Å². The van der Waals surface area contributed by atoms with Gasteiger partial charge in [0.15, 0.2) is 11.6 Å². The highest BCUT2D eigenvalue weighted by Gasteiger charge is 2.21. The minimum atomic E-state index is -0.981. The Balaban J connectivity index is 2.06. The number of fused-ring (bicyclic) bond motifs is 1. The third kappa shape index (κ3) is 7.89. The van der Waals surface area contributed by atoms with Crippen molar-refractivity contribution in [1.82, 2.24) is 9.97 Å². The van der Waals surface area contributed by atoms with Gasteiger partial charge >= 0.3 is 0 Å². The van der Waals surface area contributed by atoms with Crippen molar-refractivity contribution in [2.75, 3.05) is 6.61 Å². The van der Waals surface area contributed by atoms with Crippen LogP contribution in [-0.2, 0) is 0 Å². The maximum atomic E-state index is 14.2. The van der Waals surface area contributed by atoms with Gasteiger partial charge in [-0.3, -0.25) is 0 Å². The molecule has 32 heavy (non-hydrogen) atoms. The second kappa shape index (κ2) is 14.4. The number of ether oxygens (including phenoxy) is 1. The smallest absolute Gasteiger partial charge is 0.235 e. The van der Waals surface area contributed by atoms with Crippen LogP contribution < -0.4 is 4.74 Å². The summed E-state index contributed by atoms with van der Waals surface area (Å²) in [5, 5.41) is 0. The molecule has 0 spiro atoms. The maximum absolute atomic E-state index is 14.2. The first-order valence-corrected chi connectivity index (χ1v) is 13.6. The second-order valence-electron chi connectivity index (χ2n) is 8.65. The van der Waals surface area contributed by atoms with Gasteiger partial charge in [0.1, 0.15) is 16.7 Å². The molecular weight excluding hydrogens is 542 g/mol. The van der Waals surface area contributed by atoms with E-state index in [4.69, 9.17) is 4.74 Å². The van der Waals surface area contributed by atoms with Crippen LogP contribution in [0.15, 0.2) is 8.95 Å². The van der Waals surface area contributed by atoms with E-state index in [1.807, 2.05) is 0 Å². The third-order valence-electron chi connectivity index (χ3n) is 5.91. The molecular formula is C25H36Br2F2N2O. The number of hydrogen-bond acceptors (Lipinski definition) is 3. The predicted molar refractivity (Wildman–Crippen MR) is 135 cm³/mol. The molecule has 0 radical (unpaired) electrons. The summed E-state index contributed by atoms with van der Waals surface area (Å²) in [6, 6.07) is 0. The zero-order valence-corrected chi connectivity index (χ0v) is 22.8. The predicted octanol–water partition coefficient (Wildman–Crippen LogP) is 9.46. The Bertz CT molecular complexity index is 864. The second-order valence-corrected chi connectivity index (χ2v) is 10.2. The van der Waals surface area contributed by atoms with E-state index in [2.05, 4.69) is 55.7 Å². The Morgan fingerprint density at radius 3 is 1.78 bits per heavy atom. The van der Waals surface area contributed by atoms with Gasteiger partial charge < -0.3 is 4.74 Å². The maximum Gasteiger partial charge on any atom is 0.235 e. The average Bonchev–Trinajstić information content (AvgIpc) is 2.79. The largest absolute Gasteiger partial charge is 0.476 e. The first-order chi connectivity index (χ1) is 15.4. The zero-order chi connectivity index (χ0) is 23.5. The van der Waals surface area contributed by atoms with E-state index in [0.29, 0.717) is 24.1 Å². The Morgan fingerprint density at radius 1 is 0.750 bits per heavy atom. The SMILES string of the molecule is CCCCCCCCC(CCCCCC)COc1nc2c(Br)c(F)c(F)c(Br)c2nc1C. The van der Waals surface area contributed by atoms with Crippen molar-refractivity contribution in [3.63, 3.8) is 0 Å². The Labute approximate surface area is 208 Å². The molecule has 0 aliphatic carbocycles. The lowest BCUT2D eigenvalue weighted by Crippen LogP contribution is -2.14. The summed E-state index contributed by atoms with van der Waals surface area (Å²) in [5.74, 6) is -1.10. The Kier molecular flexibility index (Phi) is 12.4. The van der Waals surface area contributed by atoms with Crippen LogP contribution in [0, 0.1) is 24.5 Å². The lowest BCUT2D eigenvalue weighted by Gasteiger charge is -2.18. The number of rotatable bonds is 15. The van der Waals surface area contributed by atoms with Crippen LogP contribution in [0.2, 0.25) is 0 Å². The molecule has 2 aromatic rings. The van der Waals surface area contributed by atoms with Crippen LogP contribution in [-0.4, -0.2) is 16.6 Å². The van der Waals surface area contributed by atoms with Crippen LogP contribution >= 0.6 is 31.9 Å². The summed E-state index contributed by atoms with van der Waals surface area (Å²) in [4.78, 5) is 8.92. The molecule has 7 heteroatoms. The van der Waals surface area contributed by atoms with E-state index < -0.39 is 11.6 Å². The fourth-order valence-electron chi connectivity index (χ4n) is 3.93. The summed E-state index contributed by atoms with van der Waals surface area (Å²) in [6.45, 7) is 6.82. The van der Waals surface area contributed by atoms with Gasteiger partial charge in [-0.15, -0.1) is 0 Å². The summed E-state index contributed by atoms with van der Waals surface area (Å²) < 4.78 is 34.3. The van der Waals surface area contributed by atoms with Crippen LogP contribution in [0.4, 0.5) is 8.78 Å². The molecule has 0 saturated carbocycles. The van der Waals surface area contributed by atoms with Gasteiger partial charge in [0.25, 0.3) is 0 Å². The minimum Gasteiger partial charge on any atom is -0.476 e. The molecule has 0 N–H and O–H groups in total. The first-order valence-electron chi connectivity index (χ1n) is 12.0. The van der Waals surface area contributed by atoms with Gasteiger partial charge in [-0.1, -0.05) is 78.1 Å². The van der Waals surface area contributed by atoms with Crippen LogP contribution in [0.1, 0.15) is 96.6 Å². The molecule has 0 amide bonds. The third-order valence-corrected chi connectivity index (χ3v) is 7.36. The fourth-order valence-corrected chi connectivity index (χ4v) is 4.83. The van der Waals surface area contributed by atoms with Crippen LogP contribution in [0.5, 0.6) is 5.88 Å². The highest BCUT2D eigenvalue weighted by Crippen LogP contribution is 2.35. The fraction of sp³-hybridized carbons (Fsp3) is 0.680. The van der Waals surface area contributed by atoms with E-state index >= 15 is 0 Å². The summed E-state index contributed by atoms with van der Waals surface area (Å²) >= 11 is 6.22. The lowest BCUT2D eigenvalue weighted by atomic mass is 9.95. The van der Waals surface area contributed by atoms with E-state index in [1.165, 1.54) is 64.2 Å². The van der Waals surface area contributed by atoms with E-state index in [-0.39, 0.29) is 20.0 Å². The highest BCUT2D eigenvalue weighted by molar-refractivity contribution is 9.11. The monoisotopic (exact) mass is 576 g/mol. The molecule has 0 fully saturated rings. The average molecular weight is 578 g/mol. The molecule has 0 bridgehead atoms. The van der Waals surface area contributed by atoms with Gasteiger partial charge in [0, 0.05) is 0 Å². The molecule has 3 nitrogen and oxygen atoms in total. The first kappa shape index (κ1) is 27.4. The number of halogens is 4. The molecule has 0 saturated heterocycles. The van der Waals surface area contributed by atoms with Crippen LogP contribution in [0.25, 0.3) is 11.0 Å². The van der Waals surface area contributed by atoms with E-state index in [1.54, 1.807) is 6.92 Å². The molecule has 1 heterocycles. The molecule has 180 valence electrons. The standard InChI is InChI=1S/C25H36Br2F2N2O/c1-4-6-8-10-11-13-15-18(14-12-9-7-5-2)16-32-25-17(3)30-23-19(26)21(28)22(29)20(27)24(23)31-25/h18H,4-16H2,1-3H3. The minimum absolute atomic E-state index is 0.0211. The number of aromatic nitrogens is 2. The quantitative estimate of drug-likeness (QED) is 0.120. The number of aryl methyl sites for hydroxylation is 1. The summed E-state index contributed by atoms with van der Waals surface area (Å²) in [7, 11) is 0. The molecule has 0 aliphatic rings. The van der Waals surface area contributed by atoms with Crippen molar-refractivity contribution in [3.8, 4) is 5.88 Å². The molecule has 2 rings (SSSR count). The van der Waals surface area contributed by atoms with E-state index in [9.17, 15) is 8.78 Å². The molecule has 1 unspecified atom stereocenters. The Hall–Kier alpha value is -0.820. The molecule has 1 aromatic carbocycles. The number of nitrogens with zero attached hydrogens (tertiary/aromatic N) is 2. The van der Waals surface area contributed by atoms with Gasteiger partial charge in [0.05, 0.1) is 15.6 Å². The van der Waals surface area contributed by atoms with Crippen molar-refractivity contribution in [2.45, 2.75) is 97.8 Å². The molecule has 1 atom stereocenters. The van der Waals surface area contributed by atoms with Crippen molar-refractivity contribution < 1.29 is 13.5 Å². The molecule has 1 aromatic heterocycles.